The Hall–Kier alpha value is -1.79. The number of nitrogens with two attached hydrogens (primary N) is 1. The van der Waals surface area contributed by atoms with Crippen molar-refractivity contribution in [3.05, 3.63) is 33.9 Å². The van der Waals surface area contributed by atoms with Gasteiger partial charge in [-0.2, -0.15) is 0 Å². The highest BCUT2D eigenvalue weighted by Crippen LogP contribution is 2.20. The van der Waals surface area contributed by atoms with E-state index in [0.29, 0.717) is 6.54 Å². The van der Waals surface area contributed by atoms with Crippen molar-refractivity contribution in [3.63, 3.8) is 0 Å². The summed E-state index contributed by atoms with van der Waals surface area (Å²) >= 11 is 0. The van der Waals surface area contributed by atoms with Crippen molar-refractivity contribution in [1.82, 2.24) is 5.32 Å². The Balaban J connectivity index is 2.91. The molecule has 0 fully saturated rings. The molecule has 3 nitrogen and oxygen atoms in total. The van der Waals surface area contributed by atoms with Crippen LogP contribution in [0.25, 0.3) is 0 Å². The minimum absolute atomic E-state index is 0.00326. The lowest BCUT2D eigenvalue weighted by atomic mass is 9.94. The fourth-order valence-electron chi connectivity index (χ4n) is 1.75. The second-order valence-electron chi connectivity index (χ2n) is 4.42. The van der Waals surface area contributed by atoms with Crippen LogP contribution in [0.5, 0.6) is 0 Å². The molecule has 1 amide bonds. The molecule has 0 bridgehead atoms. The first-order chi connectivity index (χ1) is 8.47. The van der Waals surface area contributed by atoms with Crippen LogP contribution in [-0.2, 0) is 4.79 Å². The third-order valence-electron chi connectivity index (χ3n) is 3.14. The molecule has 1 aromatic rings. The minimum Gasteiger partial charge on any atom is -0.344 e. The van der Waals surface area contributed by atoms with Crippen LogP contribution in [0.3, 0.4) is 0 Å². The predicted octanol–water partition coefficient (Wildman–Crippen LogP) is 1.35. The van der Waals surface area contributed by atoms with E-state index in [9.17, 15) is 4.79 Å². The zero-order valence-electron chi connectivity index (χ0n) is 11.5. The number of carbonyl (C=O) groups excluding carboxylic acids is 1. The second-order valence-corrected chi connectivity index (χ2v) is 4.42. The molecule has 3 N–H and O–H groups in total. The van der Waals surface area contributed by atoms with E-state index in [0.717, 1.165) is 5.56 Å². The van der Waals surface area contributed by atoms with Crippen LogP contribution in [0.15, 0.2) is 6.07 Å². The van der Waals surface area contributed by atoms with Crippen molar-refractivity contribution in [2.24, 2.45) is 5.73 Å². The van der Waals surface area contributed by atoms with E-state index >= 15 is 0 Å². The monoisotopic (exact) mass is 244 g/mol. The maximum absolute atomic E-state index is 11.0. The summed E-state index contributed by atoms with van der Waals surface area (Å²) in [6, 6.07) is 2.17. The van der Waals surface area contributed by atoms with Crippen LogP contribution in [0.4, 0.5) is 0 Å². The van der Waals surface area contributed by atoms with Crippen molar-refractivity contribution in [2.45, 2.75) is 27.7 Å². The van der Waals surface area contributed by atoms with E-state index in [1.807, 2.05) is 0 Å². The van der Waals surface area contributed by atoms with Crippen LogP contribution in [0, 0.1) is 39.5 Å². The third kappa shape index (κ3) is 3.35. The van der Waals surface area contributed by atoms with Crippen molar-refractivity contribution in [2.75, 3.05) is 13.1 Å². The van der Waals surface area contributed by atoms with Gasteiger partial charge in [-0.3, -0.25) is 4.79 Å². The summed E-state index contributed by atoms with van der Waals surface area (Å²) in [5.74, 6) is 5.92. The number of hydrogen-bond acceptors (Lipinski definition) is 2. The van der Waals surface area contributed by atoms with E-state index in [1.54, 1.807) is 0 Å². The SMILES string of the molecule is Cc1cc(C)c(C)c(C#CCNC(=O)CN)c1C. The van der Waals surface area contributed by atoms with Crippen LogP contribution in [0.1, 0.15) is 27.8 Å². The molecule has 1 rings (SSSR count). The number of amides is 1. The average Bonchev–Trinajstić information content (AvgIpc) is 2.35. The number of aryl methyl sites for hydroxylation is 2. The highest BCUT2D eigenvalue weighted by atomic mass is 16.1. The third-order valence-corrected chi connectivity index (χ3v) is 3.14. The van der Waals surface area contributed by atoms with E-state index in [4.69, 9.17) is 5.73 Å². The first-order valence-corrected chi connectivity index (χ1v) is 6.00. The highest BCUT2D eigenvalue weighted by molar-refractivity contribution is 5.78. The molecule has 1 aromatic carbocycles. The fraction of sp³-hybridized carbons (Fsp3) is 0.400. The van der Waals surface area contributed by atoms with E-state index in [1.165, 1.54) is 22.3 Å². The quantitative estimate of drug-likeness (QED) is 0.772. The molecule has 0 aliphatic heterocycles. The van der Waals surface area contributed by atoms with Gasteiger partial charge in [0.25, 0.3) is 0 Å². The zero-order valence-corrected chi connectivity index (χ0v) is 11.5. The summed E-state index contributed by atoms with van der Waals surface area (Å²) < 4.78 is 0. The second kappa shape index (κ2) is 6.23. The van der Waals surface area contributed by atoms with Crippen LogP contribution >= 0.6 is 0 Å². The Morgan fingerprint density at radius 1 is 1.22 bits per heavy atom. The summed E-state index contributed by atoms with van der Waals surface area (Å²) in [5, 5.41) is 2.63. The number of nitrogens with one attached hydrogen (secondary N) is 1. The molecule has 3 heteroatoms. The largest absolute Gasteiger partial charge is 0.344 e. The Morgan fingerprint density at radius 3 is 2.28 bits per heavy atom. The molecule has 0 aromatic heterocycles. The summed E-state index contributed by atoms with van der Waals surface area (Å²) in [6.45, 7) is 8.66. The number of rotatable bonds is 2. The van der Waals surface area contributed by atoms with Gasteiger partial charge < -0.3 is 11.1 Å². The zero-order chi connectivity index (χ0) is 13.7. The molecule has 96 valence electrons. The van der Waals surface area contributed by atoms with Crippen molar-refractivity contribution < 1.29 is 4.79 Å². The Kier molecular flexibility index (Phi) is 4.94. The summed E-state index contributed by atoms with van der Waals surface area (Å²) in [6.07, 6.45) is 0. The minimum atomic E-state index is -0.182. The van der Waals surface area contributed by atoms with Gasteiger partial charge in [0.1, 0.15) is 0 Å². The average molecular weight is 244 g/mol. The number of benzene rings is 1. The Labute approximate surface area is 109 Å². The lowest BCUT2D eigenvalue weighted by Gasteiger charge is -2.10. The van der Waals surface area contributed by atoms with Gasteiger partial charge in [0.15, 0.2) is 0 Å². The molecule has 0 atom stereocenters. The maximum atomic E-state index is 11.0. The normalized spacial score (nSPS) is 9.61. The van der Waals surface area contributed by atoms with Gasteiger partial charge >= 0.3 is 0 Å². The number of hydrogen-bond donors (Lipinski definition) is 2. The number of carbonyl (C=O) groups is 1. The molecule has 0 aliphatic rings. The molecular weight excluding hydrogens is 224 g/mol. The molecule has 0 unspecified atom stereocenters. The van der Waals surface area contributed by atoms with E-state index in [-0.39, 0.29) is 12.5 Å². The molecule has 0 spiro atoms. The molecule has 0 saturated heterocycles. The molecular formula is C15H20N2O. The van der Waals surface area contributed by atoms with Gasteiger partial charge in [-0.05, 0) is 49.9 Å². The van der Waals surface area contributed by atoms with Crippen LogP contribution < -0.4 is 11.1 Å². The highest BCUT2D eigenvalue weighted by Gasteiger charge is 2.05. The topological polar surface area (TPSA) is 55.1 Å². The van der Waals surface area contributed by atoms with Crippen LogP contribution in [0.2, 0.25) is 0 Å². The van der Waals surface area contributed by atoms with Crippen molar-refractivity contribution >= 4 is 5.91 Å². The maximum Gasteiger partial charge on any atom is 0.234 e. The lowest BCUT2D eigenvalue weighted by molar-refractivity contribution is -0.119. The first kappa shape index (κ1) is 14.3. The van der Waals surface area contributed by atoms with Gasteiger partial charge in [-0.1, -0.05) is 17.9 Å². The molecule has 0 saturated carbocycles. The lowest BCUT2D eigenvalue weighted by Crippen LogP contribution is -2.30. The van der Waals surface area contributed by atoms with Crippen molar-refractivity contribution in [3.8, 4) is 11.8 Å². The fourth-order valence-corrected chi connectivity index (χ4v) is 1.75. The standard InChI is InChI=1S/C15H20N2O/c1-10-8-11(2)13(4)14(12(10)3)6-5-7-17-15(18)9-16/h8H,7,9,16H2,1-4H3,(H,17,18). The van der Waals surface area contributed by atoms with E-state index in [2.05, 4.69) is 50.9 Å². The van der Waals surface area contributed by atoms with Gasteiger partial charge in [0.05, 0.1) is 13.1 Å². The Bertz CT molecular complexity index is 495. The summed E-state index contributed by atoms with van der Waals surface area (Å²) in [5.41, 5.74) is 11.2. The summed E-state index contributed by atoms with van der Waals surface area (Å²) in [7, 11) is 0. The predicted molar refractivity (Wildman–Crippen MR) is 74.3 cm³/mol. The molecule has 0 aliphatic carbocycles. The van der Waals surface area contributed by atoms with Crippen molar-refractivity contribution in [1.29, 1.82) is 0 Å². The van der Waals surface area contributed by atoms with E-state index < -0.39 is 0 Å². The van der Waals surface area contributed by atoms with Crippen LogP contribution in [-0.4, -0.2) is 19.0 Å². The molecule has 0 radical (unpaired) electrons. The Morgan fingerprint density at radius 2 is 1.78 bits per heavy atom. The molecule has 18 heavy (non-hydrogen) atoms. The molecule has 0 heterocycles. The van der Waals surface area contributed by atoms with Gasteiger partial charge in [-0.25, -0.2) is 0 Å². The van der Waals surface area contributed by atoms with Gasteiger partial charge in [0, 0.05) is 5.56 Å². The smallest absolute Gasteiger partial charge is 0.234 e. The van der Waals surface area contributed by atoms with Gasteiger partial charge in [0.2, 0.25) is 5.91 Å². The van der Waals surface area contributed by atoms with Gasteiger partial charge in [-0.15, -0.1) is 0 Å². The summed E-state index contributed by atoms with van der Waals surface area (Å²) in [4.78, 5) is 11.0. The first-order valence-electron chi connectivity index (χ1n) is 6.00.